The van der Waals surface area contributed by atoms with Gasteiger partial charge >= 0.3 is 0 Å². The molecule has 5 rings (SSSR count). The van der Waals surface area contributed by atoms with Gasteiger partial charge in [0.05, 0.1) is 21.9 Å². The smallest absolute Gasteiger partial charge is 0.158 e. The fourth-order valence-corrected chi connectivity index (χ4v) is 9.01. The fraction of sp³-hybridized carbons (Fsp3) is 0.769. The molecular weight excluding hydrogens is 436 g/mol. The van der Waals surface area contributed by atoms with E-state index in [1.165, 1.54) is 12.8 Å². The lowest BCUT2D eigenvalue weighted by molar-refractivity contribution is 0.172. The van der Waals surface area contributed by atoms with Crippen LogP contribution in [0.1, 0.15) is 80.1 Å². The summed E-state index contributed by atoms with van der Waals surface area (Å²) in [4.78, 5) is 11.6. The molecule has 2 aliphatic carbocycles. The van der Waals surface area contributed by atoms with Gasteiger partial charge in [-0.2, -0.15) is 0 Å². The zero-order valence-corrected chi connectivity index (χ0v) is 21.9. The predicted octanol–water partition coefficient (Wildman–Crippen LogP) is 5.72. The number of hydrogen-bond donors (Lipinski definition) is 2. The molecule has 0 aromatic heterocycles. The van der Waals surface area contributed by atoms with Gasteiger partial charge in [0.25, 0.3) is 0 Å². The molecule has 2 aliphatic heterocycles. The Bertz CT molecular complexity index is 956. The van der Waals surface area contributed by atoms with E-state index in [1.54, 1.807) is 23.5 Å². The Balaban J connectivity index is 1.51. The predicted molar refractivity (Wildman–Crippen MR) is 133 cm³/mol. The fourth-order valence-electron chi connectivity index (χ4n) is 6.10. The number of benzene rings is 1. The summed E-state index contributed by atoms with van der Waals surface area (Å²) < 4.78 is 0. The average Bonchev–Trinajstić information content (AvgIpc) is 2.73. The molecular formula is C26H38N2O2S2. The second kappa shape index (κ2) is 7.83. The van der Waals surface area contributed by atoms with Gasteiger partial charge in [0.2, 0.25) is 0 Å². The second-order valence-corrected chi connectivity index (χ2v) is 15.0. The molecule has 0 amide bonds. The number of fused-ring (bicyclic) bond motifs is 4. The van der Waals surface area contributed by atoms with Gasteiger partial charge in [0.1, 0.15) is 10.7 Å². The maximum absolute atomic E-state index is 11.3. The number of aromatic hydroxyl groups is 2. The third-order valence-corrected chi connectivity index (χ3v) is 11.3. The van der Waals surface area contributed by atoms with E-state index in [4.69, 9.17) is 9.98 Å². The van der Waals surface area contributed by atoms with Crippen LogP contribution in [0.3, 0.4) is 0 Å². The average molecular weight is 475 g/mol. The summed E-state index contributed by atoms with van der Waals surface area (Å²) in [5, 5.41) is 24.6. The van der Waals surface area contributed by atoms with Crippen molar-refractivity contribution < 1.29 is 10.2 Å². The topological polar surface area (TPSA) is 65.2 Å². The summed E-state index contributed by atoms with van der Waals surface area (Å²) in [5.74, 6) is 1.84. The minimum Gasteiger partial charge on any atom is -0.504 e. The lowest BCUT2D eigenvalue weighted by Crippen LogP contribution is -2.41. The second-order valence-electron chi connectivity index (χ2n) is 12.5. The van der Waals surface area contributed by atoms with Crippen LogP contribution in [0.2, 0.25) is 0 Å². The number of hydrogen-bond acceptors (Lipinski definition) is 6. The minimum atomic E-state index is 0.229. The van der Waals surface area contributed by atoms with Gasteiger partial charge in [-0.25, -0.2) is 0 Å². The van der Waals surface area contributed by atoms with Crippen molar-refractivity contribution in [2.24, 2.45) is 32.7 Å². The Labute approximate surface area is 200 Å². The summed E-state index contributed by atoms with van der Waals surface area (Å²) in [5.41, 5.74) is 0.581. The molecule has 1 aromatic carbocycles. The van der Waals surface area contributed by atoms with Crippen molar-refractivity contribution in [3.8, 4) is 11.5 Å². The first-order valence-corrected chi connectivity index (χ1v) is 14.1. The Morgan fingerprint density at radius 3 is 1.38 bits per heavy atom. The highest BCUT2D eigenvalue weighted by Gasteiger charge is 2.42. The zero-order valence-electron chi connectivity index (χ0n) is 20.3. The molecule has 0 spiro atoms. The monoisotopic (exact) mass is 474 g/mol. The molecule has 2 heterocycles. The van der Waals surface area contributed by atoms with Gasteiger partial charge in [-0.15, -0.1) is 23.5 Å². The van der Waals surface area contributed by atoms with Gasteiger partial charge in [0.15, 0.2) is 11.5 Å². The van der Waals surface area contributed by atoms with E-state index in [9.17, 15) is 10.2 Å². The molecule has 6 unspecified atom stereocenters. The van der Waals surface area contributed by atoms with Crippen LogP contribution in [-0.2, 0) is 0 Å². The minimum absolute atomic E-state index is 0.229. The standard InChI is InChI=1S/C26H38N2O2S2/c1-25(2,3)13-7-9-15-17(11-13)31-23-19(27-15)22(30)24-20(21(23)29)28-16-10-8-14(26(4,5)6)12-18(16)32-24/h13-18,29-30H,7-12H2,1-6H3. The van der Waals surface area contributed by atoms with Crippen LogP contribution in [0.4, 0.5) is 0 Å². The number of phenols is 2. The molecule has 2 saturated carbocycles. The lowest BCUT2D eigenvalue weighted by atomic mass is 9.71. The molecule has 2 fully saturated rings. The van der Waals surface area contributed by atoms with Crippen LogP contribution in [-0.4, -0.2) is 32.8 Å². The molecule has 1 aromatic rings. The summed E-state index contributed by atoms with van der Waals surface area (Å²) in [6.07, 6.45) is 6.72. The highest BCUT2D eigenvalue weighted by Crippen LogP contribution is 2.50. The van der Waals surface area contributed by atoms with Crippen molar-refractivity contribution in [3.63, 3.8) is 0 Å². The summed E-state index contributed by atoms with van der Waals surface area (Å²) in [7, 11) is 0. The highest BCUT2D eigenvalue weighted by molar-refractivity contribution is 8.00. The van der Waals surface area contributed by atoms with Gasteiger partial charge in [-0.05, 0) is 61.2 Å². The Morgan fingerprint density at radius 1 is 0.656 bits per heavy atom. The first-order valence-electron chi connectivity index (χ1n) is 12.3. The molecule has 176 valence electrons. The first-order chi connectivity index (χ1) is 14.9. The van der Waals surface area contributed by atoms with Crippen molar-refractivity contribution >= 4 is 23.5 Å². The van der Waals surface area contributed by atoms with Crippen molar-refractivity contribution in [2.45, 2.75) is 112 Å². The van der Waals surface area contributed by atoms with Gasteiger partial charge < -0.3 is 10.2 Å². The normalized spacial score (nSPS) is 34.3. The van der Waals surface area contributed by atoms with Crippen LogP contribution in [0.15, 0.2) is 19.8 Å². The third kappa shape index (κ3) is 3.87. The van der Waals surface area contributed by atoms with E-state index in [0.29, 0.717) is 43.9 Å². The molecule has 0 saturated heterocycles. The van der Waals surface area contributed by atoms with Crippen molar-refractivity contribution in [3.05, 3.63) is 10.7 Å². The number of nitrogens with zero attached hydrogens (tertiary/aromatic N) is 2. The largest absolute Gasteiger partial charge is 0.504 e. The van der Waals surface area contributed by atoms with E-state index in [-0.39, 0.29) is 23.6 Å². The SMILES string of the molecule is CC(C)(C)C1CCC2N=c3c(O)c4c(c(O)c3SC2C1)=NC1CCC(C(C)(C)C)CC1S4. The Morgan fingerprint density at radius 2 is 1.03 bits per heavy atom. The van der Waals surface area contributed by atoms with Crippen molar-refractivity contribution in [1.82, 2.24) is 0 Å². The molecule has 0 radical (unpaired) electrons. The third-order valence-electron chi connectivity index (χ3n) is 8.40. The number of rotatable bonds is 0. The van der Waals surface area contributed by atoms with E-state index >= 15 is 0 Å². The Kier molecular flexibility index (Phi) is 5.60. The summed E-state index contributed by atoms with van der Waals surface area (Å²) in [6, 6.07) is 0.459. The number of thioether (sulfide) groups is 2. The number of phenolic OH excluding ortho intramolecular Hbond substituents is 2. The highest BCUT2D eigenvalue weighted by atomic mass is 32.2. The maximum Gasteiger partial charge on any atom is 0.158 e. The van der Waals surface area contributed by atoms with Crippen molar-refractivity contribution in [2.75, 3.05) is 0 Å². The van der Waals surface area contributed by atoms with Gasteiger partial charge in [-0.1, -0.05) is 41.5 Å². The quantitative estimate of drug-likeness (QED) is 0.472. The molecule has 0 bridgehead atoms. The molecule has 4 aliphatic rings. The Hall–Kier alpha value is -0.880. The molecule has 2 N–H and O–H groups in total. The molecule has 6 atom stereocenters. The van der Waals surface area contributed by atoms with E-state index in [2.05, 4.69) is 41.5 Å². The zero-order chi connectivity index (χ0) is 23.0. The molecule has 6 heteroatoms. The summed E-state index contributed by atoms with van der Waals surface area (Å²) >= 11 is 3.47. The van der Waals surface area contributed by atoms with E-state index in [0.717, 1.165) is 35.5 Å². The van der Waals surface area contributed by atoms with Crippen LogP contribution in [0.5, 0.6) is 11.5 Å². The maximum atomic E-state index is 11.3. The van der Waals surface area contributed by atoms with Crippen LogP contribution in [0.25, 0.3) is 0 Å². The van der Waals surface area contributed by atoms with Crippen LogP contribution in [0, 0.1) is 22.7 Å². The van der Waals surface area contributed by atoms with E-state index < -0.39 is 0 Å². The first kappa shape index (κ1) is 22.9. The van der Waals surface area contributed by atoms with Gasteiger partial charge in [-0.3, -0.25) is 9.98 Å². The summed E-state index contributed by atoms with van der Waals surface area (Å²) in [6.45, 7) is 14.0. The van der Waals surface area contributed by atoms with Crippen LogP contribution >= 0.6 is 23.5 Å². The van der Waals surface area contributed by atoms with E-state index in [1.807, 2.05) is 0 Å². The van der Waals surface area contributed by atoms with Crippen LogP contribution < -0.4 is 10.7 Å². The van der Waals surface area contributed by atoms with Crippen molar-refractivity contribution in [1.29, 1.82) is 0 Å². The van der Waals surface area contributed by atoms with Gasteiger partial charge in [0, 0.05) is 10.5 Å². The molecule has 32 heavy (non-hydrogen) atoms. The molecule has 4 nitrogen and oxygen atoms in total. The lowest BCUT2D eigenvalue weighted by Gasteiger charge is -2.42.